The Kier molecular flexibility index (Phi) is 9.63. The molecule has 0 spiro atoms. The predicted molar refractivity (Wildman–Crippen MR) is 131 cm³/mol. The standard InChI is InChI=1S/C21H23ClF2N6O.HI/c1-13-8-14(2)30(29-13)19-7-4-15(10-26-19)11-27-21(25-3)28-12-16-9-17(22)5-6-18(16)31-20(23)24;/h4-10,20H,11-12H2,1-3H3,(H2,25,27,28);1H. The van der Waals surface area contributed by atoms with Crippen molar-refractivity contribution in [3.63, 3.8) is 0 Å². The number of nitrogens with one attached hydrogen (secondary N) is 2. The van der Waals surface area contributed by atoms with Crippen molar-refractivity contribution in [1.29, 1.82) is 0 Å². The number of hydrogen-bond donors (Lipinski definition) is 2. The van der Waals surface area contributed by atoms with Crippen LogP contribution in [-0.4, -0.2) is 34.4 Å². The highest BCUT2D eigenvalue weighted by molar-refractivity contribution is 14.0. The number of pyridine rings is 1. The van der Waals surface area contributed by atoms with E-state index in [0.717, 1.165) is 22.8 Å². The summed E-state index contributed by atoms with van der Waals surface area (Å²) in [5, 5.41) is 11.1. The van der Waals surface area contributed by atoms with Gasteiger partial charge in [-0.25, -0.2) is 9.67 Å². The number of aliphatic imine (C=N–C) groups is 1. The molecule has 2 N–H and O–H groups in total. The van der Waals surface area contributed by atoms with Gasteiger partial charge in [-0.1, -0.05) is 17.7 Å². The van der Waals surface area contributed by atoms with Gasteiger partial charge in [0.2, 0.25) is 0 Å². The molecule has 0 fully saturated rings. The average molecular weight is 577 g/mol. The van der Waals surface area contributed by atoms with E-state index in [4.69, 9.17) is 11.6 Å². The molecule has 0 unspecified atom stereocenters. The molecule has 1 aromatic carbocycles. The summed E-state index contributed by atoms with van der Waals surface area (Å²) in [7, 11) is 1.62. The predicted octanol–water partition coefficient (Wildman–Crippen LogP) is 4.62. The van der Waals surface area contributed by atoms with E-state index in [1.54, 1.807) is 24.0 Å². The number of guanidine groups is 1. The molecule has 172 valence electrons. The first-order valence-electron chi connectivity index (χ1n) is 9.52. The third kappa shape index (κ3) is 7.02. The minimum atomic E-state index is -2.91. The fourth-order valence-electron chi connectivity index (χ4n) is 2.99. The van der Waals surface area contributed by atoms with E-state index >= 15 is 0 Å². The third-order valence-electron chi connectivity index (χ3n) is 4.40. The van der Waals surface area contributed by atoms with Gasteiger partial charge in [0.1, 0.15) is 5.75 Å². The fourth-order valence-corrected chi connectivity index (χ4v) is 3.18. The molecule has 0 radical (unpaired) electrons. The van der Waals surface area contributed by atoms with Gasteiger partial charge in [-0.3, -0.25) is 4.99 Å². The Morgan fingerprint density at radius 2 is 1.91 bits per heavy atom. The molecule has 11 heteroatoms. The lowest BCUT2D eigenvalue weighted by molar-refractivity contribution is -0.0504. The van der Waals surface area contributed by atoms with Crippen molar-refractivity contribution in [2.45, 2.75) is 33.5 Å². The number of ether oxygens (including phenoxy) is 1. The lowest BCUT2D eigenvalue weighted by Crippen LogP contribution is -2.36. The van der Waals surface area contributed by atoms with E-state index in [1.165, 1.54) is 12.1 Å². The van der Waals surface area contributed by atoms with Crippen LogP contribution in [0.5, 0.6) is 5.75 Å². The summed E-state index contributed by atoms with van der Waals surface area (Å²) in [5.74, 6) is 1.29. The highest BCUT2D eigenvalue weighted by atomic mass is 127. The van der Waals surface area contributed by atoms with Gasteiger partial charge in [0.05, 0.1) is 5.69 Å². The highest BCUT2D eigenvalue weighted by Gasteiger charge is 2.11. The van der Waals surface area contributed by atoms with Crippen molar-refractivity contribution in [2.75, 3.05) is 7.05 Å². The van der Waals surface area contributed by atoms with Crippen molar-refractivity contribution in [2.24, 2.45) is 4.99 Å². The molecular weight excluding hydrogens is 553 g/mol. The van der Waals surface area contributed by atoms with Crippen LogP contribution in [0.25, 0.3) is 5.82 Å². The molecule has 7 nitrogen and oxygen atoms in total. The molecule has 0 amide bonds. The number of aromatic nitrogens is 3. The van der Waals surface area contributed by atoms with Crippen LogP contribution in [0.3, 0.4) is 0 Å². The van der Waals surface area contributed by atoms with Gasteiger partial charge in [0, 0.05) is 42.6 Å². The average Bonchev–Trinajstić information content (AvgIpc) is 3.08. The summed E-state index contributed by atoms with van der Waals surface area (Å²) < 4.78 is 31.6. The second-order valence-electron chi connectivity index (χ2n) is 6.77. The lowest BCUT2D eigenvalue weighted by Gasteiger charge is -2.15. The molecule has 0 bridgehead atoms. The van der Waals surface area contributed by atoms with Crippen molar-refractivity contribution < 1.29 is 13.5 Å². The van der Waals surface area contributed by atoms with Gasteiger partial charge >= 0.3 is 6.61 Å². The molecule has 32 heavy (non-hydrogen) atoms. The normalized spacial score (nSPS) is 11.3. The summed E-state index contributed by atoms with van der Waals surface area (Å²) in [4.78, 5) is 8.62. The van der Waals surface area contributed by atoms with Crippen LogP contribution in [0.4, 0.5) is 8.78 Å². The van der Waals surface area contributed by atoms with Gasteiger partial charge in [-0.05, 0) is 49.7 Å². The largest absolute Gasteiger partial charge is 0.434 e. The Labute approximate surface area is 207 Å². The Balaban J connectivity index is 0.00000363. The maximum Gasteiger partial charge on any atom is 0.387 e. The zero-order valence-corrected chi connectivity index (χ0v) is 20.9. The van der Waals surface area contributed by atoms with Crippen LogP contribution in [0.1, 0.15) is 22.5 Å². The fraction of sp³-hybridized carbons (Fsp3) is 0.286. The summed E-state index contributed by atoms with van der Waals surface area (Å²) in [6, 6.07) is 10.3. The zero-order chi connectivity index (χ0) is 22.4. The molecule has 0 saturated carbocycles. The first kappa shape index (κ1) is 25.8. The molecule has 0 saturated heterocycles. The van der Waals surface area contributed by atoms with Crippen LogP contribution >= 0.6 is 35.6 Å². The number of nitrogens with zero attached hydrogens (tertiary/aromatic N) is 4. The molecular formula is C21H24ClF2IN6O. The van der Waals surface area contributed by atoms with Crippen molar-refractivity contribution in [3.8, 4) is 11.6 Å². The van der Waals surface area contributed by atoms with E-state index in [2.05, 4.69) is 30.4 Å². The maximum absolute atomic E-state index is 12.6. The number of benzene rings is 1. The number of halogens is 4. The van der Waals surface area contributed by atoms with Crippen LogP contribution < -0.4 is 15.4 Å². The Hall–Kier alpha value is -2.47. The number of aryl methyl sites for hydroxylation is 2. The molecule has 3 rings (SSSR count). The van der Waals surface area contributed by atoms with E-state index in [1.807, 2.05) is 32.0 Å². The quantitative estimate of drug-likeness (QED) is 0.244. The lowest BCUT2D eigenvalue weighted by atomic mass is 10.2. The Morgan fingerprint density at radius 1 is 1.16 bits per heavy atom. The van der Waals surface area contributed by atoms with E-state index < -0.39 is 6.61 Å². The van der Waals surface area contributed by atoms with Gasteiger partial charge < -0.3 is 15.4 Å². The van der Waals surface area contributed by atoms with Crippen LogP contribution in [0.15, 0.2) is 47.6 Å². The number of hydrogen-bond acceptors (Lipinski definition) is 4. The second kappa shape index (κ2) is 12.0. The second-order valence-corrected chi connectivity index (χ2v) is 7.21. The van der Waals surface area contributed by atoms with Gasteiger partial charge in [-0.2, -0.15) is 13.9 Å². The molecule has 0 atom stereocenters. The minimum Gasteiger partial charge on any atom is -0.434 e. The molecule has 0 aliphatic rings. The van der Waals surface area contributed by atoms with Crippen LogP contribution in [0, 0.1) is 13.8 Å². The van der Waals surface area contributed by atoms with Gasteiger partial charge in [-0.15, -0.1) is 24.0 Å². The smallest absolute Gasteiger partial charge is 0.387 e. The summed E-state index contributed by atoms with van der Waals surface area (Å²) >= 11 is 5.98. The van der Waals surface area contributed by atoms with Crippen molar-refractivity contribution in [1.82, 2.24) is 25.4 Å². The summed E-state index contributed by atoms with van der Waals surface area (Å²) in [6.07, 6.45) is 1.76. The third-order valence-corrected chi connectivity index (χ3v) is 4.64. The maximum atomic E-state index is 12.6. The Bertz CT molecular complexity index is 1060. The van der Waals surface area contributed by atoms with Gasteiger partial charge in [0.25, 0.3) is 0 Å². The van der Waals surface area contributed by atoms with Crippen molar-refractivity contribution >= 4 is 41.5 Å². The SMILES string of the molecule is CN=C(NCc1ccc(-n2nc(C)cc2C)nc1)NCc1cc(Cl)ccc1OC(F)F.I. The molecule has 0 aliphatic heterocycles. The molecule has 3 aromatic rings. The first-order chi connectivity index (χ1) is 14.9. The van der Waals surface area contributed by atoms with Gasteiger partial charge in [0.15, 0.2) is 11.8 Å². The molecule has 2 aromatic heterocycles. The number of alkyl halides is 2. The van der Waals surface area contributed by atoms with E-state index in [0.29, 0.717) is 23.1 Å². The van der Waals surface area contributed by atoms with E-state index in [-0.39, 0.29) is 36.3 Å². The molecule has 0 aliphatic carbocycles. The summed E-state index contributed by atoms with van der Waals surface area (Å²) in [6.45, 7) is 1.68. The van der Waals surface area contributed by atoms with Crippen molar-refractivity contribution in [3.05, 3.63) is 70.1 Å². The number of rotatable bonds is 7. The summed E-state index contributed by atoms with van der Waals surface area (Å²) in [5.41, 5.74) is 3.38. The molecule has 2 heterocycles. The first-order valence-corrected chi connectivity index (χ1v) is 9.90. The monoisotopic (exact) mass is 576 g/mol. The van der Waals surface area contributed by atoms with Crippen LogP contribution in [-0.2, 0) is 13.1 Å². The highest BCUT2D eigenvalue weighted by Crippen LogP contribution is 2.24. The minimum absolute atomic E-state index is 0. The zero-order valence-electron chi connectivity index (χ0n) is 17.8. The van der Waals surface area contributed by atoms with E-state index in [9.17, 15) is 8.78 Å². The topological polar surface area (TPSA) is 76.4 Å². The van der Waals surface area contributed by atoms with Crippen LogP contribution in [0.2, 0.25) is 5.02 Å². The Morgan fingerprint density at radius 3 is 2.50 bits per heavy atom.